The Morgan fingerprint density at radius 2 is 1.67 bits per heavy atom. The topological polar surface area (TPSA) is 87.9 Å². The Morgan fingerprint density at radius 1 is 1.17 bits per heavy atom. The van der Waals surface area contributed by atoms with E-state index in [4.69, 9.17) is 20.2 Å². The average Bonchev–Trinajstić information content (AvgIpc) is 2.11. The van der Waals surface area contributed by atoms with Crippen LogP contribution in [0.25, 0.3) is 0 Å². The normalized spacial score (nSPS) is 14.1. The molecule has 0 saturated carbocycles. The molecule has 2 N–H and O–H groups in total. The number of esters is 1. The molecule has 0 fully saturated rings. The van der Waals surface area contributed by atoms with Crippen LogP contribution in [0.3, 0.4) is 0 Å². The highest BCUT2D eigenvalue weighted by Crippen LogP contribution is 2.20. The summed E-state index contributed by atoms with van der Waals surface area (Å²) in [5.74, 6) is -2.16. The minimum absolute atomic E-state index is 0.292. The van der Waals surface area contributed by atoms with Crippen molar-refractivity contribution >= 4 is 11.9 Å². The summed E-state index contributed by atoms with van der Waals surface area (Å²) in [6.07, 6.45) is 0.0853. The highest BCUT2D eigenvalue weighted by Gasteiger charge is 2.29. The number of primary amides is 1. The molecule has 0 spiro atoms. The fraction of sp³-hybridized carbons (Fsp3) is 0.833. The predicted octanol–water partition coefficient (Wildman–Crippen LogP) is 1.32. The highest BCUT2D eigenvalue weighted by atomic mass is 17.2. The van der Waals surface area contributed by atoms with Crippen LogP contribution in [0.2, 0.25) is 0 Å². The third-order valence-corrected chi connectivity index (χ3v) is 1.81. The smallest absolute Gasteiger partial charge is 0.397 e. The highest BCUT2D eigenvalue weighted by molar-refractivity contribution is 6.31. The van der Waals surface area contributed by atoms with Crippen LogP contribution >= 0.6 is 0 Å². The van der Waals surface area contributed by atoms with Crippen molar-refractivity contribution in [3.63, 3.8) is 0 Å². The lowest BCUT2D eigenvalue weighted by Gasteiger charge is -2.28. The molecule has 1 atom stereocenters. The molecule has 0 aliphatic heterocycles. The summed E-state index contributed by atoms with van der Waals surface area (Å²) >= 11 is 0. The van der Waals surface area contributed by atoms with Crippen molar-refractivity contribution in [3.05, 3.63) is 0 Å². The minimum atomic E-state index is -1.11. The van der Waals surface area contributed by atoms with Crippen LogP contribution in [0, 0.1) is 0 Å². The lowest BCUT2D eigenvalue weighted by molar-refractivity contribution is -0.373. The van der Waals surface area contributed by atoms with Gasteiger partial charge in [-0.2, -0.15) is 0 Å². The van der Waals surface area contributed by atoms with Crippen molar-refractivity contribution in [3.8, 4) is 0 Å². The molecule has 6 heteroatoms. The maximum atomic E-state index is 11.1. The molecule has 1 amide bonds. The summed E-state index contributed by atoms with van der Waals surface area (Å²) in [7, 11) is 0. The summed E-state index contributed by atoms with van der Waals surface area (Å²) in [6.45, 7) is 10.7. The van der Waals surface area contributed by atoms with Crippen molar-refractivity contribution in [1.82, 2.24) is 0 Å². The van der Waals surface area contributed by atoms with E-state index in [1.54, 1.807) is 20.8 Å². The molecule has 18 heavy (non-hydrogen) atoms. The third-order valence-electron chi connectivity index (χ3n) is 1.81. The monoisotopic (exact) mass is 261 g/mol. The number of hydrogen-bond donors (Lipinski definition) is 1. The summed E-state index contributed by atoms with van der Waals surface area (Å²) < 4.78 is 4.95. The van der Waals surface area contributed by atoms with Gasteiger partial charge in [0.15, 0.2) is 0 Å². The first-order valence-electron chi connectivity index (χ1n) is 5.80. The molecule has 0 saturated heterocycles. The van der Waals surface area contributed by atoms with Crippen LogP contribution in [0.1, 0.15) is 48.0 Å². The lowest BCUT2D eigenvalue weighted by atomic mass is 10.0. The Balaban J connectivity index is 4.23. The average molecular weight is 261 g/mol. The number of hydrogen-bond acceptors (Lipinski definition) is 5. The van der Waals surface area contributed by atoms with Gasteiger partial charge in [0.1, 0.15) is 5.60 Å². The maximum absolute atomic E-state index is 11.1. The molecular formula is C12H23NO5. The quantitative estimate of drug-likeness (QED) is 0.349. The van der Waals surface area contributed by atoms with E-state index in [2.05, 4.69) is 0 Å². The van der Waals surface area contributed by atoms with Gasteiger partial charge in [0.25, 0.3) is 0 Å². The SMILES string of the molecule is CC(CC(C)(C)OC(=O)C(N)=O)OOC(C)(C)C. The van der Waals surface area contributed by atoms with E-state index in [9.17, 15) is 9.59 Å². The van der Waals surface area contributed by atoms with Gasteiger partial charge < -0.3 is 10.5 Å². The van der Waals surface area contributed by atoms with Gasteiger partial charge in [0, 0.05) is 6.42 Å². The van der Waals surface area contributed by atoms with Gasteiger partial charge in [-0.25, -0.2) is 14.6 Å². The first-order chi connectivity index (χ1) is 7.93. The van der Waals surface area contributed by atoms with E-state index in [1.165, 1.54) is 0 Å². The number of amides is 1. The van der Waals surface area contributed by atoms with Gasteiger partial charge in [-0.15, -0.1) is 0 Å². The first-order valence-corrected chi connectivity index (χ1v) is 5.80. The van der Waals surface area contributed by atoms with Gasteiger partial charge in [-0.3, -0.25) is 4.79 Å². The molecule has 0 radical (unpaired) electrons. The van der Waals surface area contributed by atoms with Gasteiger partial charge in [0.2, 0.25) is 0 Å². The van der Waals surface area contributed by atoms with Crippen LogP contribution in [0.5, 0.6) is 0 Å². The predicted molar refractivity (Wildman–Crippen MR) is 65.4 cm³/mol. The molecule has 0 rings (SSSR count). The number of ether oxygens (including phenoxy) is 1. The van der Waals surface area contributed by atoms with E-state index in [0.29, 0.717) is 6.42 Å². The van der Waals surface area contributed by atoms with E-state index >= 15 is 0 Å². The van der Waals surface area contributed by atoms with Crippen molar-refractivity contribution < 1.29 is 24.1 Å². The Kier molecular flexibility index (Phi) is 5.76. The molecule has 0 aromatic carbocycles. The molecule has 6 nitrogen and oxygen atoms in total. The maximum Gasteiger partial charge on any atom is 0.397 e. The standard InChI is InChI=1S/C12H23NO5/c1-8(17-18-11(2,3)4)7-12(5,6)16-10(15)9(13)14/h8H,7H2,1-6H3,(H2,13,14). The Bertz CT molecular complexity index is 306. The van der Waals surface area contributed by atoms with E-state index in [0.717, 1.165) is 0 Å². The van der Waals surface area contributed by atoms with E-state index in [-0.39, 0.29) is 6.10 Å². The number of carbonyl (C=O) groups is 2. The molecule has 106 valence electrons. The van der Waals surface area contributed by atoms with Gasteiger partial charge in [0.05, 0.1) is 11.7 Å². The number of nitrogens with two attached hydrogens (primary N) is 1. The second-order valence-electron chi connectivity index (χ2n) is 5.82. The van der Waals surface area contributed by atoms with Crippen molar-refractivity contribution in [2.75, 3.05) is 0 Å². The molecule has 0 aromatic rings. The van der Waals surface area contributed by atoms with Crippen molar-refractivity contribution in [2.24, 2.45) is 5.73 Å². The fourth-order valence-electron chi connectivity index (χ4n) is 1.30. The van der Waals surface area contributed by atoms with Crippen LogP contribution in [0.15, 0.2) is 0 Å². The second-order valence-corrected chi connectivity index (χ2v) is 5.82. The minimum Gasteiger partial charge on any atom is -0.452 e. The molecule has 0 aromatic heterocycles. The van der Waals surface area contributed by atoms with Crippen LogP contribution in [-0.4, -0.2) is 29.2 Å². The Hall–Kier alpha value is -1.14. The molecule has 0 bridgehead atoms. The summed E-state index contributed by atoms with van der Waals surface area (Å²) in [5, 5.41) is 0. The Morgan fingerprint density at radius 3 is 2.06 bits per heavy atom. The van der Waals surface area contributed by atoms with Crippen molar-refractivity contribution in [1.29, 1.82) is 0 Å². The van der Waals surface area contributed by atoms with Gasteiger partial charge in [-0.05, 0) is 41.5 Å². The van der Waals surface area contributed by atoms with E-state index < -0.39 is 23.1 Å². The summed E-state index contributed by atoms with van der Waals surface area (Å²) in [4.78, 5) is 32.0. The molecular weight excluding hydrogens is 238 g/mol. The summed E-state index contributed by atoms with van der Waals surface area (Å²) in [5.41, 5.74) is 3.55. The van der Waals surface area contributed by atoms with Crippen molar-refractivity contribution in [2.45, 2.75) is 65.3 Å². The zero-order chi connectivity index (χ0) is 14.6. The fourth-order valence-corrected chi connectivity index (χ4v) is 1.30. The van der Waals surface area contributed by atoms with Crippen LogP contribution in [0.4, 0.5) is 0 Å². The molecule has 0 aliphatic rings. The summed E-state index contributed by atoms with van der Waals surface area (Å²) in [6, 6.07) is 0. The van der Waals surface area contributed by atoms with E-state index in [1.807, 2.05) is 20.8 Å². The zero-order valence-corrected chi connectivity index (χ0v) is 11.9. The van der Waals surface area contributed by atoms with Gasteiger partial charge >= 0.3 is 11.9 Å². The second kappa shape index (κ2) is 6.15. The number of rotatable bonds is 5. The molecule has 0 aliphatic carbocycles. The zero-order valence-electron chi connectivity index (χ0n) is 11.9. The molecule has 0 heterocycles. The van der Waals surface area contributed by atoms with Gasteiger partial charge in [-0.1, -0.05) is 0 Å². The Labute approximate surface area is 108 Å². The lowest BCUT2D eigenvalue weighted by Crippen LogP contribution is -2.38. The largest absolute Gasteiger partial charge is 0.452 e. The van der Waals surface area contributed by atoms with Crippen LogP contribution < -0.4 is 5.73 Å². The van der Waals surface area contributed by atoms with Crippen LogP contribution in [-0.2, 0) is 24.1 Å². The number of carbonyl (C=O) groups excluding carboxylic acids is 2. The molecule has 1 unspecified atom stereocenters. The first kappa shape index (κ1) is 16.9. The third kappa shape index (κ3) is 8.03.